The summed E-state index contributed by atoms with van der Waals surface area (Å²) >= 11 is 0. The normalized spacial score (nSPS) is 15.8. The van der Waals surface area contributed by atoms with Gasteiger partial charge < -0.3 is 20.5 Å². The fourth-order valence-corrected chi connectivity index (χ4v) is 3.24. The summed E-state index contributed by atoms with van der Waals surface area (Å²) in [5, 5.41) is 14.9. The van der Waals surface area contributed by atoms with Gasteiger partial charge in [-0.2, -0.15) is 0 Å². The smallest absolute Gasteiger partial charge is 0.239 e. The third-order valence-electron chi connectivity index (χ3n) is 4.44. The Morgan fingerprint density at radius 3 is 2.96 bits per heavy atom. The Balaban J connectivity index is 1.60. The molecule has 1 unspecified atom stereocenters. The topological polar surface area (TPSA) is 70.6 Å². The number of carbonyl (C=O) groups is 1. The molecule has 0 saturated heterocycles. The van der Waals surface area contributed by atoms with E-state index in [9.17, 15) is 9.18 Å². The van der Waals surface area contributed by atoms with Crippen LogP contribution in [0.15, 0.2) is 42.5 Å². The highest BCUT2D eigenvalue weighted by molar-refractivity contribution is 5.81. The number of aliphatic hydroxyl groups excluding tert-OH is 1. The average Bonchev–Trinajstić information content (AvgIpc) is 2.66. The minimum atomic E-state index is -0.438. The Morgan fingerprint density at radius 2 is 2.12 bits per heavy atom. The number of benzene rings is 2. The number of anilines is 1. The molecule has 2 aromatic rings. The Bertz CT molecular complexity index is 766. The summed E-state index contributed by atoms with van der Waals surface area (Å²) in [4.78, 5) is 12.4. The Labute approximate surface area is 152 Å². The largest absolute Gasteiger partial charge is 0.489 e. The fourth-order valence-electron chi connectivity index (χ4n) is 3.24. The van der Waals surface area contributed by atoms with Crippen LogP contribution >= 0.6 is 0 Å². The van der Waals surface area contributed by atoms with Crippen LogP contribution < -0.4 is 15.4 Å². The second kappa shape index (κ2) is 8.67. The molecule has 0 spiro atoms. The second-order valence-electron chi connectivity index (χ2n) is 6.28. The molecule has 0 saturated carbocycles. The van der Waals surface area contributed by atoms with Crippen LogP contribution in [0.5, 0.6) is 5.75 Å². The highest BCUT2D eigenvalue weighted by Crippen LogP contribution is 2.29. The first kappa shape index (κ1) is 18.2. The van der Waals surface area contributed by atoms with E-state index < -0.39 is 5.82 Å². The zero-order valence-corrected chi connectivity index (χ0v) is 14.5. The number of hydrogen-bond acceptors (Lipinski definition) is 4. The van der Waals surface area contributed by atoms with Gasteiger partial charge in [0.25, 0.3) is 0 Å². The quantitative estimate of drug-likeness (QED) is 0.712. The molecule has 3 N–H and O–H groups in total. The molecule has 1 aliphatic carbocycles. The molecule has 2 aromatic carbocycles. The summed E-state index contributed by atoms with van der Waals surface area (Å²) in [6.45, 7) is -0.0551. The van der Waals surface area contributed by atoms with Gasteiger partial charge in [-0.05, 0) is 42.5 Å². The average molecular weight is 358 g/mol. The van der Waals surface area contributed by atoms with Crippen molar-refractivity contribution in [2.45, 2.75) is 25.3 Å². The summed E-state index contributed by atoms with van der Waals surface area (Å²) in [6, 6.07) is 12.2. The molecule has 0 radical (unpaired) electrons. The first-order valence-electron chi connectivity index (χ1n) is 8.81. The number of ether oxygens (including phenoxy) is 1. The van der Waals surface area contributed by atoms with Gasteiger partial charge in [0.1, 0.15) is 18.2 Å². The summed E-state index contributed by atoms with van der Waals surface area (Å²) in [5.41, 5.74) is 2.98. The minimum Gasteiger partial charge on any atom is -0.489 e. The number of rotatable bonds is 7. The van der Waals surface area contributed by atoms with Crippen LogP contribution in [0, 0.1) is 5.82 Å². The lowest BCUT2D eigenvalue weighted by Gasteiger charge is -2.26. The molecule has 5 nitrogen and oxygen atoms in total. The van der Waals surface area contributed by atoms with Gasteiger partial charge in [-0.3, -0.25) is 4.79 Å². The fraction of sp³-hybridized carbons (Fsp3) is 0.350. The van der Waals surface area contributed by atoms with Gasteiger partial charge in [0.05, 0.1) is 24.9 Å². The molecule has 138 valence electrons. The molecule has 0 bridgehead atoms. The zero-order valence-electron chi connectivity index (χ0n) is 14.5. The summed E-state index contributed by atoms with van der Waals surface area (Å²) < 4.78 is 18.7. The van der Waals surface area contributed by atoms with Crippen LogP contribution in [0.2, 0.25) is 0 Å². The Kier molecular flexibility index (Phi) is 6.07. The molecule has 1 atom stereocenters. The molecule has 1 aliphatic rings. The molecule has 0 aromatic heterocycles. The van der Waals surface area contributed by atoms with E-state index >= 15 is 0 Å². The molecule has 3 rings (SSSR count). The van der Waals surface area contributed by atoms with Crippen molar-refractivity contribution >= 4 is 11.6 Å². The third kappa shape index (κ3) is 4.52. The Hall–Kier alpha value is -2.60. The summed E-state index contributed by atoms with van der Waals surface area (Å²) in [5.74, 6) is -0.300. The minimum absolute atomic E-state index is 0.0209. The van der Waals surface area contributed by atoms with E-state index in [1.807, 2.05) is 12.1 Å². The van der Waals surface area contributed by atoms with Gasteiger partial charge in [0, 0.05) is 6.07 Å². The standard InChI is InChI=1S/C20H23FN2O3/c21-15-8-9-18(19(12-15)26-11-10-24)22-13-20(25)23-17-7-3-5-14-4-1-2-6-16(14)17/h1-2,4,6,8-9,12,17,22,24H,3,5,7,10-11,13H2,(H,23,25). The van der Waals surface area contributed by atoms with Gasteiger partial charge >= 0.3 is 0 Å². The second-order valence-corrected chi connectivity index (χ2v) is 6.28. The number of amides is 1. The van der Waals surface area contributed by atoms with Crippen molar-refractivity contribution in [2.75, 3.05) is 25.1 Å². The van der Waals surface area contributed by atoms with E-state index in [0.717, 1.165) is 19.3 Å². The van der Waals surface area contributed by atoms with Crippen LogP contribution in [0.3, 0.4) is 0 Å². The highest BCUT2D eigenvalue weighted by Gasteiger charge is 2.21. The van der Waals surface area contributed by atoms with Gasteiger partial charge in [0.15, 0.2) is 0 Å². The molecule has 0 aliphatic heterocycles. The van der Waals surface area contributed by atoms with Crippen molar-refractivity contribution in [3.63, 3.8) is 0 Å². The van der Waals surface area contributed by atoms with Crippen LogP contribution in [-0.2, 0) is 11.2 Å². The van der Waals surface area contributed by atoms with Gasteiger partial charge in [-0.25, -0.2) is 4.39 Å². The van der Waals surface area contributed by atoms with Crippen molar-refractivity contribution in [3.8, 4) is 5.75 Å². The van der Waals surface area contributed by atoms with E-state index in [-0.39, 0.29) is 37.5 Å². The first-order chi connectivity index (χ1) is 12.7. The zero-order chi connectivity index (χ0) is 18.4. The number of aryl methyl sites for hydroxylation is 1. The lowest BCUT2D eigenvalue weighted by Crippen LogP contribution is -2.35. The van der Waals surface area contributed by atoms with Crippen molar-refractivity contribution in [2.24, 2.45) is 0 Å². The van der Waals surface area contributed by atoms with Crippen molar-refractivity contribution in [1.82, 2.24) is 5.32 Å². The van der Waals surface area contributed by atoms with E-state index in [1.165, 1.54) is 29.3 Å². The first-order valence-corrected chi connectivity index (χ1v) is 8.81. The monoisotopic (exact) mass is 358 g/mol. The number of aliphatic hydroxyl groups is 1. The van der Waals surface area contributed by atoms with Crippen molar-refractivity contribution in [3.05, 3.63) is 59.4 Å². The summed E-state index contributed by atoms with van der Waals surface area (Å²) in [6.07, 6.45) is 3.01. The van der Waals surface area contributed by atoms with Crippen molar-refractivity contribution < 1.29 is 19.0 Å². The molecule has 6 heteroatoms. The molecule has 0 heterocycles. The highest BCUT2D eigenvalue weighted by atomic mass is 19.1. The predicted octanol–water partition coefficient (Wildman–Crippen LogP) is 2.80. The lowest BCUT2D eigenvalue weighted by molar-refractivity contribution is -0.120. The van der Waals surface area contributed by atoms with Gasteiger partial charge in [0.2, 0.25) is 5.91 Å². The predicted molar refractivity (Wildman–Crippen MR) is 97.7 cm³/mol. The van der Waals surface area contributed by atoms with Gasteiger partial charge in [-0.1, -0.05) is 24.3 Å². The van der Waals surface area contributed by atoms with E-state index in [1.54, 1.807) is 0 Å². The van der Waals surface area contributed by atoms with Crippen LogP contribution in [0.4, 0.5) is 10.1 Å². The van der Waals surface area contributed by atoms with Crippen LogP contribution in [-0.4, -0.2) is 30.8 Å². The van der Waals surface area contributed by atoms with Gasteiger partial charge in [-0.15, -0.1) is 0 Å². The van der Waals surface area contributed by atoms with E-state index in [4.69, 9.17) is 9.84 Å². The molecule has 1 amide bonds. The molecule has 0 fully saturated rings. The number of nitrogens with one attached hydrogen (secondary N) is 2. The number of hydrogen-bond donors (Lipinski definition) is 3. The SMILES string of the molecule is O=C(CNc1ccc(F)cc1OCCO)NC1CCCc2ccccc21. The lowest BCUT2D eigenvalue weighted by atomic mass is 9.88. The van der Waals surface area contributed by atoms with E-state index in [0.29, 0.717) is 5.69 Å². The maximum atomic E-state index is 13.4. The molecular formula is C20H23FN2O3. The number of halogens is 1. The summed E-state index contributed by atoms with van der Waals surface area (Å²) in [7, 11) is 0. The third-order valence-corrected chi connectivity index (χ3v) is 4.44. The maximum Gasteiger partial charge on any atom is 0.239 e. The van der Waals surface area contributed by atoms with Crippen LogP contribution in [0.1, 0.15) is 30.0 Å². The Morgan fingerprint density at radius 1 is 1.27 bits per heavy atom. The number of fused-ring (bicyclic) bond motifs is 1. The van der Waals surface area contributed by atoms with Crippen LogP contribution in [0.25, 0.3) is 0 Å². The maximum absolute atomic E-state index is 13.4. The van der Waals surface area contributed by atoms with Crippen molar-refractivity contribution in [1.29, 1.82) is 0 Å². The van der Waals surface area contributed by atoms with E-state index in [2.05, 4.69) is 22.8 Å². The number of carbonyl (C=O) groups excluding carboxylic acids is 1. The molecule has 26 heavy (non-hydrogen) atoms. The molecular weight excluding hydrogens is 335 g/mol.